The van der Waals surface area contributed by atoms with Crippen molar-refractivity contribution in [2.24, 2.45) is 0 Å². The lowest BCUT2D eigenvalue weighted by Crippen LogP contribution is -2.47. The Hall–Kier alpha value is -1.42. The van der Waals surface area contributed by atoms with E-state index in [1.807, 2.05) is 0 Å². The molecule has 98 valence electrons. The first-order valence-corrected chi connectivity index (χ1v) is 6.51. The molecular formula is C13H16ClNO3. The van der Waals surface area contributed by atoms with Crippen LogP contribution in [0.2, 0.25) is 0 Å². The van der Waals surface area contributed by atoms with Gasteiger partial charge in [-0.3, -0.25) is 4.79 Å². The zero-order valence-corrected chi connectivity index (χ0v) is 10.7. The van der Waals surface area contributed by atoms with Crippen LogP contribution in [0.25, 0.3) is 0 Å². The zero-order chi connectivity index (χ0) is 13.2. The van der Waals surface area contributed by atoms with Crippen LogP contribution in [0.15, 0.2) is 18.2 Å². The van der Waals surface area contributed by atoms with Gasteiger partial charge < -0.3 is 15.5 Å². The molecule has 1 aromatic rings. The van der Waals surface area contributed by atoms with E-state index in [9.17, 15) is 15.0 Å². The molecule has 4 nitrogen and oxygen atoms in total. The third-order valence-corrected chi connectivity index (χ3v) is 3.97. The highest BCUT2D eigenvalue weighted by molar-refractivity contribution is 6.19. The van der Waals surface area contributed by atoms with Crippen molar-refractivity contribution in [3.05, 3.63) is 23.8 Å². The number of nitrogens with one attached hydrogen (secondary N) is 1. The van der Waals surface area contributed by atoms with Crippen molar-refractivity contribution < 1.29 is 15.0 Å². The van der Waals surface area contributed by atoms with Gasteiger partial charge in [0.05, 0.1) is 11.1 Å². The van der Waals surface area contributed by atoms with E-state index in [1.165, 1.54) is 18.2 Å². The van der Waals surface area contributed by atoms with Crippen LogP contribution in [0.5, 0.6) is 11.5 Å². The van der Waals surface area contributed by atoms with Crippen LogP contribution in [0.3, 0.4) is 0 Å². The largest absolute Gasteiger partial charge is 0.504 e. The van der Waals surface area contributed by atoms with Gasteiger partial charge in [0, 0.05) is 5.88 Å². The van der Waals surface area contributed by atoms with Crippen molar-refractivity contribution in [3.8, 4) is 11.5 Å². The van der Waals surface area contributed by atoms with Gasteiger partial charge in [-0.25, -0.2) is 0 Å². The Labute approximate surface area is 111 Å². The number of benzene rings is 1. The maximum absolute atomic E-state index is 12.1. The number of halogens is 1. The van der Waals surface area contributed by atoms with Gasteiger partial charge in [0.25, 0.3) is 5.91 Å². The molecule has 0 unspecified atom stereocenters. The first-order chi connectivity index (χ1) is 8.58. The zero-order valence-electron chi connectivity index (χ0n) is 9.95. The first-order valence-electron chi connectivity index (χ1n) is 5.97. The minimum atomic E-state index is -0.397. The maximum Gasteiger partial charge on any atom is 0.255 e. The fourth-order valence-electron chi connectivity index (χ4n) is 2.37. The summed E-state index contributed by atoms with van der Waals surface area (Å²) in [6.07, 6.45) is 3.78. The summed E-state index contributed by atoms with van der Waals surface area (Å²) in [4.78, 5) is 12.1. The minimum Gasteiger partial charge on any atom is -0.504 e. The van der Waals surface area contributed by atoms with E-state index < -0.39 is 11.7 Å². The molecule has 18 heavy (non-hydrogen) atoms. The first kappa shape index (κ1) is 13.0. The molecule has 2 rings (SSSR count). The van der Waals surface area contributed by atoms with Crippen molar-refractivity contribution in [2.45, 2.75) is 31.2 Å². The molecule has 5 heteroatoms. The van der Waals surface area contributed by atoms with Crippen LogP contribution in [0.4, 0.5) is 0 Å². The molecule has 0 saturated heterocycles. The Morgan fingerprint density at radius 2 is 2.00 bits per heavy atom. The Morgan fingerprint density at radius 1 is 1.33 bits per heavy atom. The topological polar surface area (TPSA) is 69.6 Å². The van der Waals surface area contributed by atoms with Gasteiger partial charge in [0.2, 0.25) is 0 Å². The van der Waals surface area contributed by atoms with Gasteiger partial charge in [0.1, 0.15) is 0 Å². The second-order valence-corrected chi connectivity index (χ2v) is 5.02. The molecule has 0 atom stereocenters. The Bertz CT molecular complexity index is 456. The van der Waals surface area contributed by atoms with Crippen LogP contribution in [0.1, 0.15) is 36.0 Å². The summed E-state index contributed by atoms with van der Waals surface area (Å²) in [7, 11) is 0. The van der Waals surface area contributed by atoms with E-state index in [-0.39, 0.29) is 16.9 Å². The van der Waals surface area contributed by atoms with Crippen LogP contribution >= 0.6 is 11.6 Å². The van der Waals surface area contributed by atoms with Crippen molar-refractivity contribution >= 4 is 17.5 Å². The highest BCUT2D eigenvalue weighted by atomic mass is 35.5. The molecule has 0 heterocycles. The minimum absolute atomic E-state index is 0.0754. The number of carbonyl (C=O) groups excluding carboxylic acids is 1. The lowest BCUT2D eigenvalue weighted by atomic mass is 9.99. The van der Waals surface area contributed by atoms with Gasteiger partial charge in [-0.05, 0) is 25.0 Å². The van der Waals surface area contributed by atoms with Crippen molar-refractivity contribution in [1.29, 1.82) is 0 Å². The molecular weight excluding hydrogens is 254 g/mol. The normalized spacial score (nSPS) is 17.6. The number of rotatable bonds is 3. The van der Waals surface area contributed by atoms with E-state index in [1.54, 1.807) is 0 Å². The molecule has 0 spiro atoms. The monoisotopic (exact) mass is 269 g/mol. The number of para-hydroxylation sites is 1. The van der Waals surface area contributed by atoms with Crippen LogP contribution in [-0.2, 0) is 0 Å². The summed E-state index contributed by atoms with van der Waals surface area (Å²) in [5.41, 5.74) is -0.303. The van der Waals surface area contributed by atoms with E-state index in [0.717, 1.165) is 25.7 Å². The van der Waals surface area contributed by atoms with Gasteiger partial charge in [-0.15, -0.1) is 11.6 Å². The molecule has 0 radical (unpaired) electrons. The third kappa shape index (κ3) is 2.38. The van der Waals surface area contributed by atoms with E-state index >= 15 is 0 Å². The average Bonchev–Trinajstić information content (AvgIpc) is 2.81. The van der Waals surface area contributed by atoms with Gasteiger partial charge in [-0.2, -0.15) is 0 Å². The van der Waals surface area contributed by atoms with Gasteiger partial charge >= 0.3 is 0 Å². The molecule has 1 aliphatic rings. The lowest BCUT2D eigenvalue weighted by Gasteiger charge is -2.28. The van der Waals surface area contributed by atoms with Crippen molar-refractivity contribution in [2.75, 3.05) is 5.88 Å². The van der Waals surface area contributed by atoms with E-state index in [0.29, 0.717) is 5.88 Å². The summed E-state index contributed by atoms with van der Waals surface area (Å²) < 4.78 is 0. The Morgan fingerprint density at radius 3 is 2.61 bits per heavy atom. The molecule has 1 aromatic carbocycles. The fourth-order valence-corrected chi connectivity index (χ4v) is 2.70. The predicted octanol–water partition coefficient (Wildman–Crippen LogP) is 2.38. The van der Waals surface area contributed by atoms with E-state index in [4.69, 9.17) is 11.6 Å². The summed E-state index contributed by atoms with van der Waals surface area (Å²) in [5, 5.41) is 21.9. The molecule has 1 saturated carbocycles. The van der Waals surface area contributed by atoms with Gasteiger partial charge in [-0.1, -0.05) is 18.9 Å². The molecule has 3 N–H and O–H groups in total. The maximum atomic E-state index is 12.1. The average molecular weight is 270 g/mol. The lowest BCUT2D eigenvalue weighted by molar-refractivity contribution is 0.0906. The second kappa shape index (κ2) is 5.06. The summed E-state index contributed by atoms with van der Waals surface area (Å²) >= 11 is 5.94. The highest BCUT2D eigenvalue weighted by Gasteiger charge is 2.35. The number of phenols is 2. The molecule has 0 bridgehead atoms. The number of amides is 1. The van der Waals surface area contributed by atoms with Gasteiger partial charge in [0.15, 0.2) is 11.5 Å². The highest BCUT2D eigenvalue weighted by Crippen LogP contribution is 2.33. The predicted molar refractivity (Wildman–Crippen MR) is 69.2 cm³/mol. The number of hydrogen-bond acceptors (Lipinski definition) is 3. The molecule has 0 aliphatic heterocycles. The summed E-state index contributed by atoms with van der Waals surface area (Å²) in [5.74, 6) is -0.726. The number of alkyl halides is 1. The number of carbonyl (C=O) groups is 1. The van der Waals surface area contributed by atoms with Crippen LogP contribution in [-0.4, -0.2) is 27.5 Å². The van der Waals surface area contributed by atoms with Crippen LogP contribution in [0, 0.1) is 0 Å². The smallest absolute Gasteiger partial charge is 0.255 e. The fraction of sp³-hybridized carbons (Fsp3) is 0.462. The number of hydrogen-bond donors (Lipinski definition) is 3. The SMILES string of the molecule is O=C(NC1(CCl)CCCC1)c1cccc(O)c1O. The Kier molecular flexibility index (Phi) is 3.66. The summed E-state index contributed by atoms with van der Waals surface area (Å²) in [6.45, 7) is 0. The number of phenolic OH excluding ortho intramolecular Hbond substituents is 2. The Balaban J connectivity index is 2.19. The van der Waals surface area contributed by atoms with E-state index in [2.05, 4.69) is 5.32 Å². The standard InChI is InChI=1S/C13H16ClNO3/c14-8-13(6-1-2-7-13)15-12(18)9-4-3-5-10(16)11(9)17/h3-5,16-17H,1-2,6-8H2,(H,15,18). The molecule has 1 fully saturated rings. The molecule has 1 aliphatic carbocycles. The number of aromatic hydroxyl groups is 2. The van der Waals surface area contributed by atoms with Crippen molar-refractivity contribution in [1.82, 2.24) is 5.32 Å². The van der Waals surface area contributed by atoms with Crippen molar-refractivity contribution in [3.63, 3.8) is 0 Å². The molecule has 0 aromatic heterocycles. The quantitative estimate of drug-likeness (QED) is 0.583. The third-order valence-electron chi connectivity index (χ3n) is 3.45. The molecule has 1 amide bonds. The second-order valence-electron chi connectivity index (χ2n) is 4.75. The summed E-state index contributed by atoms with van der Waals surface area (Å²) in [6, 6.07) is 4.33. The van der Waals surface area contributed by atoms with Crippen LogP contribution < -0.4 is 5.32 Å².